The molecule has 0 fully saturated rings. The molecule has 0 aromatic heterocycles. The highest BCUT2D eigenvalue weighted by atomic mass is 16.6. The van der Waals surface area contributed by atoms with Crippen molar-refractivity contribution < 1.29 is 28.8 Å². The van der Waals surface area contributed by atoms with Crippen molar-refractivity contribution in [2.75, 3.05) is 47.3 Å². The normalized spacial score (nSPS) is 14.4. The van der Waals surface area contributed by atoms with Crippen LogP contribution in [-0.2, 0) is 23.7 Å². The number of carbonyl (C=O) groups is 1. The molecular formula is C11H22O6. The molecule has 6 heteroatoms. The molecule has 1 atom stereocenters. The number of hydrogen-bond acceptors (Lipinski definition) is 6. The van der Waals surface area contributed by atoms with Crippen LogP contribution in [0.15, 0.2) is 0 Å². The Hall–Kier alpha value is -0.690. The summed E-state index contributed by atoms with van der Waals surface area (Å²) in [5.41, 5.74) is -1.61. The second-order valence-corrected chi connectivity index (χ2v) is 3.78. The number of carbonyl (C=O) groups excluding carboxylic acids is 1. The Kier molecular flexibility index (Phi) is 8.97. The van der Waals surface area contributed by atoms with Gasteiger partial charge in [-0.25, -0.2) is 4.79 Å². The molecule has 0 aliphatic rings. The van der Waals surface area contributed by atoms with Gasteiger partial charge in [0, 0.05) is 20.3 Å². The minimum absolute atomic E-state index is 0.110. The molecule has 0 bridgehead atoms. The van der Waals surface area contributed by atoms with Gasteiger partial charge in [0.2, 0.25) is 0 Å². The van der Waals surface area contributed by atoms with Crippen molar-refractivity contribution in [1.82, 2.24) is 0 Å². The number of aliphatic hydroxyl groups is 1. The third-order valence-electron chi connectivity index (χ3n) is 2.02. The van der Waals surface area contributed by atoms with Crippen molar-refractivity contribution in [1.29, 1.82) is 0 Å². The minimum Gasteiger partial charge on any atom is -0.467 e. The zero-order chi connectivity index (χ0) is 13.1. The molecule has 0 radical (unpaired) electrons. The van der Waals surface area contributed by atoms with Crippen molar-refractivity contribution in [2.45, 2.75) is 18.9 Å². The predicted molar refractivity (Wildman–Crippen MR) is 60.8 cm³/mol. The van der Waals surface area contributed by atoms with Gasteiger partial charge in [0.05, 0.1) is 26.9 Å². The molecule has 17 heavy (non-hydrogen) atoms. The van der Waals surface area contributed by atoms with Crippen LogP contribution in [-0.4, -0.2) is 63.9 Å². The fourth-order valence-electron chi connectivity index (χ4n) is 1.07. The van der Waals surface area contributed by atoms with Crippen molar-refractivity contribution >= 4 is 5.97 Å². The van der Waals surface area contributed by atoms with Crippen LogP contribution in [0.25, 0.3) is 0 Å². The van der Waals surface area contributed by atoms with Crippen molar-refractivity contribution in [2.24, 2.45) is 0 Å². The first-order valence-electron chi connectivity index (χ1n) is 5.50. The molecule has 102 valence electrons. The first kappa shape index (κ1) is 16.3. The maximum Gasteiger partial charge on any atom is 0.339 e. The number of methoxy groups -OCH3 is 2. The van der Waals surface area contributed by atoms with Gasteiger partial charge in [0.1, 0.15) is 0 Å². The maximum absolute atomic E-state index is 11.1. The van der Waals surface area contributed by atoms with Crippen LogP contribution in [0, 0.1) is 0 Å². The van der Waals surface area contributed by atoms with E-state index < -0.39 is 11.6 Å². The summed E-state index contributed by atoms with van der Waals surface area (Å²) in [5, 5.41) is 9.60. The molecule has 0 aliphatic heterocycles. The van der Waals surface area contributed by atoms with E-state index >= 15 is 0 Å². The van der Waals surface area contributed by atoms with Crippen LogP contribution in [0.2, 0.25) is 0 Å². The monoisotopic (exact) mass is 250 g/mol. The first-order chi connectivity index (χ1) is 8.04. The Morgan fingerprint density at radius 2 is 1.76 bits per heavy atom. The molecule has 1 unspecified atom stereocenters. The average molecular weight is 250 g/mol. The minimum atomic E-state index is -1.61. The van der Waals surface area contributed by atoms with Gasteiger partial charge in [-0.05, 0) is 13.3 Å². The largest absolute Gasteiger partial charge is 0.467 e. The summed E-state index contributed by atoms with van der Waals surface area (Å²) in [7, 11) is 2.85. The fourth-order valence-corrected chi connectivity index (χ4v) is 1.07. The fraction of sp³-hybridized carbons (Fsp3) is 0.909. The summed E-state index contributed by atoms with van der Waals surface area (Å²) in [4.78, 5) is 11.1. The number of ether oxygens (including phenoxy) is 4. The summed E-state index contributed by atoms with van der Waals surface area (Å²) in [6.07, 6.45) is 0.830. The average Bonchev–Trinajstić information content (AvgIpc) is 2.31. The molecule has 1 N–H and O–H groups in total. The zero-order valence-corrected chi connectivity index (χ0v) is 10.7. The molecule has 0 aliphatic carbocycles. The molecule has 0 spiro atoms. The Labute approximate surface area is 102 Å². The molecule has 0 saturated heterocycles. The van der Waals surface area contributed by atoms with E-state index in [1.807, 2.05) is 0 Å². The standard InChI is InChI=1S/C11H22O6/c1-11(13,10(12)15-3)9-17-8-7-16-6-4-5-14-2/h13H,4-9H2,1-3H3. The van der Waals surface area contributed by atoms with E-state index in [9.17, 15) is 9.90 Å². The number of rotatable bonds is 10. The highest BCUT2D eigenvalue weighted by molar-refractivity contribution is 5.78. The van der Waals surface area contributed by atoms with Crippen molar-refractivity contribution in [3.63, 3.8) is 0 Å². The Morgan fingerprint density at radius 1 is 1.12 bits per heavy atom. The van der Waals surface area contributed by atoms with Gasteiger partial charge in [-0.3, -0.25) is 0 Å². The quantitative estimate of drug-likeness (QED) is 0.434. The van der Waals surface area contributed by atoms with Gasteiger partial charge in [-0.15, -0.1) is 0 Å². The van der Waals surface area contributed by atoms with Crippen LogP contribution < -0.4 is 0 Å². The maximum atomic E-state index is 11.1. The summed E-state index contributed by atoms with van der Waals surface area (Å²) in [6.45, 7) is 3.24. The molecule has 0 amide bonds. The van der Waals surface area contributed by atoms with Crippen LogP contribution in [0.4, 0.5) is 0 Å². The predicted octanol–water partition coefficient (Wildman–Crippen LogP) is -0.0199. The van der Waals surface area contributed by atoms with Gasteiger partial charge in [-0.1, -0.05) is 0 Å². The SMILES string of the molecule is COCCCOCCOCC(C)(O)C(=O)OC. The third-order valence-corrected chi connectivity index (χ3v) is 2.02. The molecular weight excluding hydrogens is 228 g/mol. The molecule has 0 aromatic carbocycles. The van der Waals surface area contributed by atoms with Crippen molar-refractivity contribution in [3.05, 3.63) is 0 Å². The molecule has 0 heterocycles. The summed E-state index contributed by atoms with van der Waals surface area (Å²) >= 11 is 0. The van der Waals surface area contributed by atoms with Crippen LogP contribution in [0.3, 0.4) is 0 Å². The van der Waals surface area contributed by atoms with E-state index in [-0.39, 0.29) is 6.61 Å². The molecule has 0 aromatic rings. The number of hydrogen-bond donors (Lipinski definition) is 1. The topological polar surface area (TPSA) is 74.2 Å². The molecule has 0 saturated carbocycles. The van der Waals surface area contributed by atoms with Gasteiger partial charge < -0.3 is 24.1 Å². The van der Waals surface area contributed by atoms with E-state index in [0.717, 1.165) is 6.42 Å². The van der Waals surface area contributed by atoms with E-state index in [2.05, 4.69) is 4.74 Å². The zero-order valence-electron chi connectivity index (χ0n) is 10.7. The first-order valence-corrected chi connectivity index (χ1v) is 5.50. The van der Waals surface area contributed by atoms with E-state index in [1.54, 1.807) is 7.11 Å². The van der Waals surface area contributed by atoms with Crippen LogP contribution in [0.1, 0.15) is 13.3 Å². The smallest absolute Gasteiger partial charge is 0.339 e. The summed E-state index contributed by atoms with van der Waals surface area (Å²) < 4.78 is 19.6. The lowest BCUT2D eigenvalue weighted by atomic mass is 10.1. The second-order valence-electron chi connectivity index (χ2n) is 3.78. The van der Waals surface area contributed by atoms with E-state index in [4.69, 9.17) is 14.2 Å². The Balaban J connectivity index is 3.42. The summed E-state index contributed by atoms with van der Waals surface area (Å²) in [6, 6.07) is 0. The van der Waals surface area contributed by atoms with Crippen LogP contribution >= 0.6 is 0 Å². The van der Waals surface area contributed by atoms with Gasteiger partial charge in [0.15, 0.2) is 5.60 Å². The highest BCUT2D eigenvalue weighted by Gasteiger charge is 2.31. The third kappa shape index (κ3) is 8.09. The van der Waals surface area contributed by atoms with E-state index in [1.165, 1.54) is 14.0 Å². The lowest BCUT2D eigenvalue weighted by Crippen LogP contribution is -2.41. The second kappa shape index (κ2) is 9.35. The Morgan fingerprint density at radius 3 is 2.35 bits per heavy atom. The molecule has 0 rings (SSSR count). The van der Waals surface area contributed by atoms with Gasteiger partial charge in [0.25, 0.3) is 0 Å². The van der Waals surface area contributed by atoms with Gasteiger partial charge in [-0.2, -0.15) is 0 Å². The lowest BCUT2D eigenvalue weighted by Gasteiger charge is -2.19. The van der Waals surface area contributed by atoms with Crippen LogP contribution in [0.5, 0.6) is 0 Å². The molecule has 6 nitrogen and oxygen atoms in total. The van der Waals surface area contributed by atoms with Gasteiger partial charge >= 0.3 is 5.97 Å². The van der Waals surface area contributed by atoms with Crippen molar-refractivity contribution in [3.8, 4) is 0 Å². The number of esters is 1. The lowest BCUT2D eigenvalue weighted by molar-refractivity contribution is -0.167. The highest BCUT2D eigenvalue weighted by Crippen LogP contribution is 2.05. The van der Waals surface area contributed by atoms with E-state index in [0.29, 0.717) is 26.4 Å². The summed E-state index contributed by atoms with van der Waals surface area (Å²) in [5.74, 6) is -0.710. The Bertz CT molecular complexity index is 204.